The number of ketones is 1. The van der Waals surface area contributed by atoms with E-state index in [1.54, 1.807) is 48.5 Å². The number of aliphatic hydroxyl groups is 1. The Morgan fingerprint density at radius 3 is 2.52 bits per heavy atom. The van der Waals surface area contributed by atoms with Gasteiger partial charge in [0.15, 0.2) is 0 Å². The highest BCUT2D eigenvalue weighted by Gasteiger charge is 2.45. The maximum atomic E-state index is 12.7. The van der Waals surface area contributed by atoms with Gasteiger partial charge in [0.2, 0.25) is 0 Å². The third-order valence-corrected chi connectivity index (χ3v) is 4.79. The molecular weight excluding hydrogens is 366 g/mol. The van der Waals surface area contributed by atoms with Crippen molar-refractivity contribution in [2.45, 2.75) is 19.4 Å². The summed E-state index contributed by atoms with van der Waals surface area (Å²) in [5.74, 6) is -0.972. The lowest BCUT2D eigenvalue weighted by Crippen LogP contribution is -2.30. The third-order valence-electron chi connectivity index (χ3n) is 4.53. The van der Waals surface area contributed by atoms with Crippen molar-refractivity contribution in [2.75, 3.05) is 13.7 Å². The molecule has 2 aromatic rings. The Hall–Kier alpha value is -2.79. The number of halogens is 1. The molecule has 1 heterocycles. The summed E-state index contributed by atoms with van der Waals surface area (Å²) in [6.07, 6.45) is 0.691. The number of amides is 1. The molecule has 0 spiro atoms. The van der Waals surface area contributed by atoms with Gasteiger partial charge in [-0.2, -0.15) is 0 Å². The Bertz CT molecular complexity index is 905. The number of likely N-dealkylation sites (tertiary alicyclic amines) is 1. The highest BCUT2D eigenvalue weighted by atomic mass is 35.5. The maximum absolute atomic E-state index is 12.7. The van der Waals surface area contributed by atoms with E-state index in [2.05, 4.69) is 0 Å². The van der Waals surface area contributed by atoms with Crippen LogP contribution in [0.2, 0.25) is 5.02 Å². The zero-order chi connectivity index (χ0) is 19.6. The van der Waals surface area contributed by atoms with Gasteiger partial charge in [-0.1, -0.05) is 42.8 Å². The standard InChI is InChI=1S/C21H20ClNO4/c1-3-11-23-18(13-7-9-15(22)10-8-13)17(20(25)21(23)26)19(24)14-5-4-6-16(12-14)27-2/h4-10,12,18,24H,3,11H2,1-2H3/b19-17-. The van der Waals surface area contributed by atoms with Crippen LogP contribution in [0.25, 0.3) is 5.76 Å². The van der Waals surface area contributed by atoms with Crippen molar-refractivity contribution >= 4 is 29.1 Å². The van der Waals surface area contributed by atoms with E-state index in [1.165, 1.54) is 12.0 Å². The fourth-order valence-electron chi connectivity index (χ4n) is 3.27. The summed E-state index contributed by atoms with van der Waals surface area (Å²) < 4.78 is 5.19. The minimum absolute atomic E-state index is 0.0732. The van der Waals surface area contributed by atoms with Crippen LogP contribution in [0, 0.1) is 0 Å². The number of hydrogen-bond donors (Lipinski definition) is 1. The van der Waals surface area contributed by atoms with Crippen LogP contribution in [0.15, 0.2) is 54.1 Å². The molecule has 5 nitrogen and oxygen atoms in total. The van der Waals surface area contributed by atoms with Gasteiger partial charge in [0.25, 0.3) is 11.7 Å². The predicted octanol–water partition coefficient (Wildman–Crippen LogP) is 4.18. The van der Waals surface area contributed by atoms with Gasteiger partial charge in [0, 0.05) is 17.1 Å². The summed E-state index contributed by atoms with van der Waals surface area (Å²) in [5.41, 5.74) is 1.21. The molecule has 3 rings (SSSR count). The molecule has 2 aromatic carbocycles. The number of benzene rings is 2. The first-order chi connectivity index (χ1) is 13.0. The second-order valence-corrected chi connectivity index (χ2v) is 6.71. The average Bonchev–Trinajstić information content (AvgIpc) is 2.93. The number of nitrogens with zero attached hydrogens (tertiary/aromatic N) is 1. The summed E-state index contributed by atoms with van der Waals surface area (Å²) in [6.45, 7) is 2.34. The van der Waals surface area contributed by atoms with Crippen LogP contribution in [0.5, 0.6) is 5.75 Å². The molecule has 1 amide bonds. The Morgan fingerprint density at radius 2 is 1.89 bits per heavy atom. The Labute approximate surface area is 162 Å². The van der Waals surface area contributed by atoms with Gasteiger partial charge in [-0.05, 0) is 36.2 Å². The van der Waals surface area contributed by atoms with Gasteiger partial charge >= 0.3 is 0 Å². The second kappa shape index (κ2) is 7.84. The van der Waals surface area contributed by atoms with Crippen molar-refractivity contribution in [3.63, 3.8) is 0 Å². The lowest BCUT2D eigenvalue weighted by Gasteiger charge is -2.25. The fraction of sp³-hybridized carbons (Fsp3) is 0.238. The van der Waals surface area contributed by atoms with E-state index >= 15 is 0 Å². The van der Waals surface area contributed by atoms with Crippen LogP contribution >= 0.6 is 11.6 Å². The average molecular weight is 386 g/mol. The van der Waals surface area contributed by atoms with Crippen LogP contribution in [0.1, 0.15) is 30.5 Å². The number of carbonyl (C=O) groups excluding carboxylic acids is 2. The zero-order valence-corrected chi connectivity index (χ0v) is 15.9. The molecule has 1 aliphatic rings. The highest BCUT2D eigenvalue weighted by molar-refractivity contribution is 6.46. The monoisotopic (exact) mass is 385 g/mol. The Kier molecular flexibility index (Phi) is 5.51. The van der Waals surface area contributed by atoms with Crippen molar-refractivity contribution in [3.8, 4) is 5.75 Å². The topological polar surface area (TPSA) is 66.8 Å². The van der Waals surface area contributed by atoms with Crippen molar-refractivity contribution < 1.29 is 19.4 Å². The number of aliphatic hydroxyl groups excluding tert-OH is 1. The largest absolute Gasteiger partial charge is 0.507 e. The normalized spacial score (nSPS) is 18.8. The minimum atomic E-state index is -0.691. The van der Waals surface area contributed by atoms with Crippen LogP contribution in [0.4, 0.5) is 0 Å². The Morgan fingerprint density at radius 1 is 1.19 bits per heavy atom. The van der Waals surface area contributed by atoms with E-state index in [0.717, 1.165) is 5.56 Å². The zero-order valence-electron chi connectivity index (χ0n) is 15.1. The summed E-state index contributed by atoms with van der Waals surface area (Å²) in [5, 5.41) is 11.5. The molecule has 27 heavy (non-hydrogen) atoms. The lowest BCUT2D eigenvalue weighted by molar-refractivity contribution is -0.139. The summed E-state index contributed by atoms with van der Waals surface area (Å²) >= 11 is 5.98. The maximum Gasteiger partial charge on any atom is 0.295 e. The molecule has 0 radical (unpaired) electrons. The van der Waals surface area contributed by atoms with Crippen LogP contribution in [-0.4, -0.2) is 35.4 Å². The lowest BCUT2D eigenvalue weighted by atomic mass is 9.95. The molecule has 1 fully saturated rings. The molecule has 140 valence electrons. The van der Waals surface area contributed by atoms with E-state index in [9.17, 15) is 14.7 Å². The van der Waals surface area contributed by atoms with E-state index in [0.29, 0.717) is 29.3 Å². The van der Waals surface area contributed by atoms with E-state index in [-0.39, 0.29) is 11.3 Å². The third kappa shape index (κ3) is 3.55. The van der Waals surface area contributed by atoms with E-state index in [4.69, 9.17) is 16.3 Å². The van der Waals surface area contributed by atoms with Crippen LogP contribution in [-0.2, 0) is 9.59 Å². The van der Waals surface area contributed by atoms with Crippen LogP contribution < -0.4 is 4.74 Å². The molecule has 6 heteroatoms. The molecular formula is C21H20ClNO4. The molecule has 0 saturated carbocycles. The molecule has 1 aliphatic heterocycles. The fourth-order valence-corrected chi connectivity index (χ4v) is 3.40. The Balaban J connectivity index is 2.18. The van der Waals surface area contributed by atoms with Crippen molar-refractivity contribution in [1.82, 2.24) is 4.90 Å². The van der Waals surface area contributed by atoms with Gasteiger partial charge in [0.1, 0.15) is 11.5 Å². The van der Waals surface area contributed by atoms with Crippen molar-refractivity contribution in [3.05, 3.63) is 70.3 Å². The van der Waals surface area contributed by atoms with Gasteiger partial charge < -0.3 is 14.7 Å². The van der Waals surface area contributed by atoms with Gasteiger partial charge in [-0.15, -0.1) is 0 Å². The molecule has 0 aromatic heterocycles. The first-order valence-corrected chi connectivity index (χ1v) is 9.04. The minimum Gasteiger partial charge on any atom is -0.507 e. The predicted molar refractivity (Wildman–Crippen MR) is 104 cm³/mol. The number of carbonyl (C=O) groups is 2. The van der Waals surface area contributed by atoms with E-state index in [1.807, 2.05) is 6.92 Å². The van der Waals surface area contributed by atoms with Gasteiger partial charge in [0.05, 0.1) is 18.7 Å². The number of hydrogen-bond acceptors (Lipinski definition) is 4. The number of Topliss-reactive ketones (excluding diaryl/α,β-unsaturated/α-hetero) is 1. The first-order valence-electron chi connectivity index (χ1n) is 8.66. The molecule has 1 N–H and O–H groups in total. The quantitative estimate of drug-likeness (QED) is 0.476. The molecule has 0 aliphatic carbocycles. The molecule has 1 unspecified atom stereocenters. The van der Waals surface area contributed by atoms with Crippen molar-refractivity contribution in [2.24, 2.45) is 0 Å². The van der Waals surface area contributed by atoms with E-state index < -0.39 is 17.7 Å². The SMILES string of the molecule is CCCN1C(=O)C(=O)/C(=C(\O)c2cccc(OC)c2)C1c1ccc(Cl)cc1. The second-order valence-electron chi connectivity index (χ2n) is 6.28. The van der Waals surface area contributed by atoms with Gasteiger partial charge in [-0.3, -0.25) is 9.59 Å². The van der Waals surface area contributed by atoms with Gasteiger partial charge in [-0.25, -0.2) is 0 Å². The highest BCUT2D eigenvalue weighted by Crippen LogP contribution is 2.40. The van der Waals surface area contributed by atoms with Crippen molar-refractivity contribution in [1.29, 1.82) is 0 Å². The number of ether oxygens (including phenoxy) is 1. The first kappa shape index (κ1) is 19.0. The molecule has 0 bridgehead atoms. The molecule has 1 saturated heterocycles. The number of rotatable bonds is 5. The number of methoxy groups -OCH3 is 1. The smallest absolute Gasteiger partial charge is 0.295 e. The summed E-state index contributed by atoms with van der Waals surface area (Å²) in [4.78, 5) is 26.8. The summed E-state index contributed by atoms with van der Waals surface area (Å²) in [7, 11) is 1.52. The van der Waals surface area contributed by atoms with Crippen LogP contribution in [0.3, 0.4) is 0 Å². The summed E-state index contributed by atoms with van der Waals surface area (Å²) in [6, 6.07) is 13.0. The molecule has 1 atom stereocenters.